The van der Waals surface area contributed by atoms with Gasteiger partial charge in [0.15, 0.2) is 0 Å². The Morgan fingerprint density at radius 2 is 0.741 bits per heavy atom. The van der Waals surface area contributed by atoms with Crippen LogP contribution in [0.15, 0.2) is 170 Å². The van der Waals surface area contributed by atoms with Crippen LogP contribution in [0.1, 0.15) is 11.1 Å². The summed E-state index contributed by atoms with van der Waals surface area (Å²) in [5.74, 6) is 0. The van der Waals surface area contributed by atoms with Crippen LogP contribution in [0.25, 0.3) is 120 Å². The van der Waals surface area contributed by atoms with E-state index in [4.69, 9.17) is 0 Å². The number of rotatable bonds is 3. The molecule has 12 aromatic rings. The van der Waals surface area contributed by atoms with Crippen LogP contribution in [0.5, 0.6) is 0 Å². The van der Waals surface area contributed by atoms with E-state index in [2.05, 4.69) is 184 Å². The zero-order valence-corrected chi connectivity index (χ0v) is 30.2. The Bertz CT molecular complexity index is 3460. The van der Waals surface area contributed by atoms with Crippen LogP contribution in [0, 0.1) is 13.8 Å². The Kier molecular flexibility index (Phi) is 6.00. The summed E-state index contributed by atoms with van der Waals surface area (Å²) in [5.41, 5.74) is 10.3. The van der Waals surface area contributed by atoms with Gasteiger partial charge in [0.05, 0.1) is 0 Å². The normalized spacial score (nSPS) is 12.3. The predicted molar refractivity (Wildman–Crippen MR) is 235 cm³/mol. The number of aryl methyl sites for hydroxylation is 2. The van der Waals surface area contributed by atoms with Gasteiger partial charge in [0, 0.05) is 0 Å². The molecule has 0 aliphatic carbocycles. The lowest BCUT2D eigenvalue weighted by Gasteiger charge is -2.19. The molecule has 0 amide bonds. The number of hydrogen-bond acceptors (Lipinski definition) is 0. The van der Waals surface area contributed by atoms with Gasteiger partial charge in [-0.3, -0.25) is 0 Å². The van der Waals surface area contributed by atoms with E-state index in [1.54, 1.807) is 0 Å². The zero-order valence-electron chi connectivity index (χ0n) is 30.2. The fourth-order valence-electron chi connectivity index (χ4n) is 10.2. The molecule has 0 nitrogen and oxygen atoms in total. The molecular formula is C54H34. The van der Waals surface area contributed by atoms with Crippen molar-refractivity contribution in [1.82, 2.24) is 0 Å². The third kappa shape index (κ3) is 3.87. The largest absolute Gasteiger partial charge is 0.0622 e. The van der Waals surface area contributed by atoms with E-state index in [0.29, 0.717) is 0 Å². The molecule has 12 rings (SSSR count). The molecule has 0 aromatic heterocycles. The molecule has 0 N–H and O–H groups in total. The van der Waals surface area contributed by atoms with Gasteiger partial charge < -0.3 is 0 Å². The van der Waals surface area contributed by atoms with Crippen molar-refractivity contribution in [2.24, 2.45) is 0 Å². The molecule has 0 aliphatic heterocycles. The minimum absolute atomic E-state index is 1.25. The third-order valence-electron chi connectivity index (χ3n) is 12.3. The van der Waals surface area contributed by atoms with Gasteiger partial charge in [0.2, 0.25) is 0 Å². The summed E-state index contributed by atoms with van der Waals surface area (Å²) in [5, 5.41) is 21.2. The molecule has 0 saturated heterocycles. The zero-order chi connectivity index (χ0) is 35.7. The molecule has 0 fully saturated rings. The Hall–Kier alpha value is -6.76. The molecule has 0 spiro atoms. The summed E-state index contributed by atoms with van der Waals surface area (Å²) >= 11 is 0. The van der Waals surface area contributed by atoms with Gasteiger partial charge in [-0.1, -0.05) is 146 Å². The summed E-state index contributed by atoms with van der Waals surface area (Å²) in [6, 6.07) is 64.0. The van der Waals surface area contributed by atoms with Crippen LogP contribution in [0.3, 0.4) is 0 Å². The van der Waals surface area contributed by atoms with Crippen LogP contribution < -0.4 is 0 Å². The van der Waals surface area contributed by atoms with Crippen molar-refractivity contribution in [1.29, 1.82) is 0 Å². The van der Waals surface area contributed by atoms with E-state index < -0.39 is 0 Å². The molecule has 0 unspecified atom stereocenters. The molecule has 0 heteroatoms. The van der Waals surface area contributed by atoms with Crippen LogP contribution in [-0.4, -0.2) is 0 Å². The Labute approximate surface area is 313 Å². The van der Waals surface area contributed by atoms with E-state index in [9.17, 15) is 0 Å². The van der Waals surface area contributed by atoms with Crippen molar-refractivity contribution >= 4 is 86.2 Å². The molecule has 54 heavy (non-hydrogen) atoms. The molecule has 0 saturated carbocycles. The second kappa shape index (κ2) is 10.9. The lowest BCUT2D eigenvalue weighted by Crippen LogP contribution is -1.91. The Balaban J connectivity index is 1.45. The monoisotopic (exact) mass is 682 g/mol. The van der Waals surface area contributed by atoms with Crippen molar-refractivity contribution in [3.63, 3.8) is 0 Å². The molecule has 12 aromatic carbocycles. The highest BCUT2D eigenvalue weighted by molar-refractivity contribution is 6.46. The number of hydrogen-bond donors (Lipinski definition) is 0. The first-order valence-corrected chi connectivity index (χ1v) is 19.0. The minimum atomic E-state index is 1.25. The Morgan fingerprint density at radius 3 is 1.48 bits per heavy atom. The van der Waals surface area contributed by atoms with Crippen LogP contribution in [0.2, 0.25) is 0 Å². The molecule has 250 valence electrons. The maximum atomic E-state index is 2.54. The van der Waals surface area contributed by atoms with Crippen LogP contribution in [-0.2, 0) is 0 Å². The highest BCUT2D eigenvalue weighted by Crippen LogP contribution is 2.56. The second-order valence-electron chi connectivity index (χ2n) is 15.2. The molecule has 0 atom stereocenters. The van der Waals surface area contributed by atoms with Gasteiger partial charge in [-0.25, -0.2) is 0 Å². The average Bonchev–Trinajstić information content (AvgIpc) is 3.71. The van der Waals surface area contributed by atoms with E-state index in [1.807, 2.05) is 0 Å². The second-order valence-corrected chi connectivity index (χ2v) is 15.2. The van der Waals surface area contributed by atoms with Gasteiger partial charge in [-0.15, -0.1) is 0 Å². The molecule has 0 radical (unpaired) electrons. The smallest absolute Gasteiger partial charge is 0.000697 e. The van der Waals surface area contributed by atoms with Crippen LogP contribution >= 0.6 is 0 Å². The van der Waals surface area contributed by atoms with Crippen molar-refractivity contribution in [3.8, 4) is 33.4 Å². The Morgan fingerprint density at radius 1 is 0.241 bits per heavy atom. The van der Waals surface area contributed by atoms with E-state index in [0.717, 1.165) is 0 Å². The first-order valence-electron chi connectivity index (χ1n) is 19.0. The lowest BCUT2D eigenvalue weighted by molar-refractivity contribution is 1.38. The number of fused-ring (bicyclic) bond motifs is 10. The average molecular weight is 683 g/mol. The third-order valence-corrected chi connectivity index (χ3v) is 12.3. The maximum absolute atomic E-state index is 2.54. The van der Waals surface area contributed by atoms with Crippen molar-refractivity contribution < 1.29 is 0 Å². The molecular weight excluding hydrogens is 649 g/mol. The lowest BCUT2D eigenvalue weighted by atomic mass is 9.83. The van der Waals surface area contributed by atoms with Crippen molar-refractivity contribution in [3.05, 3.63) is 181 Å². The first-order chi connectivity index (χ1) is 26.7. The molecule has 0 bridgehead atoms. The van der Waals surface area contributed by atoms with E-state index in [-0.39, 0.29) is 0 Å². The highest BCUT2D eigenvalue weighted by atomic mass is 14.3. The van der Waals surface area contributed by atoms with Gasteiger partial charge in [0.1, 0.15) is 0 Å². The van der Waals surface area contributed by atoms with E-state index >= 15 is 0 Å². The molecule has 0 heterocycles. The van der Waals surface area contributed by atoms with Crippen molar-refractivity contribution in [2.45, 2.75) is 13.8 Å². The SMILES string of the molecule is Cc1cccc(C)c1-c1cc2c3ccccc3cc3c4c(-c5ccccc5)c5c(cc6c7ccccc7c7cccc5c76)c(-c5ccccc5)c4c(c1)c23. The summed E-state index contributed by atoms with van der Waals surface area (Å²) < 4.78 is 0. The van der Waals surface area contributed by atoms with Gasteiger partial charge in [-0.05, 0) is 169 Å². The summed E-state index contributed by atoms with van der Waals surface area (Å²) in [4.78, 5) is 0. The summed E-state index contributed by atoms with van der Waals surface area (Å²) in [7, 11) is 0. The minimum Gasteiger partial charge on any atom is -0.0622 e. The summed E-state index contributed by atoms with van der Waals surface area (Å²) in [6.45, 7) is 4.51. The van der Waals surface area contributed by atoms with Gasteiger partial charge in [-0.2, -0.15) is 0 Å². The van der Waals surface area contributed by atoms with E-state index in [1.165, 1.54) is 131 Å². The van der Waals surface area contributed by atoms with Gasteiger partial charge in [0.25, 0.3) is 0 Å². The standard InChI is InChI=1S/C54H34/c1-31-15-13-16-32(2)47(31)36-28-42-37-22-10-9-21-35(37)27-44-51(42)45(29-36)53-48(33-17-5-3-6-18-33)46-30-43-39-24-12-11-23-38(39)40-25-14-26-41(50(40)43)52(46)49(54(44)53)34-19-7-4-8-20-34/h3-30H,1-2H3. The number of benzene rings is 10. The quantitative estimate of drug-likeness (QED) is 0.163. The van der Waals surface area contributed by atoms with Crippen LogP contribution in [0.4, 0.5) is 0 Å². The van der Waals surface area contributed by atoms with Crippen molar-refractivity contribution in [2.75, 3.05) is 0 Å². The maximum Gasteiger partial charge on any atom is -0.000697 e. The highest BCUT2D eigenvalue weighted by Gasteiger charge is 2.27. The van der Waals surface area contributed by atoms with Gasteiger partial charge >= 0.3 is 0 Å². The predicted octanol–water partition coefficient (Wildman–Crippen LogP) is 15.4. The topological polar surface area (TPSA) is 0 Å². The fourth-order valence-corrected chi connectivity index (χ4v) is 10.2. The first kappa shape index (κ1) is 29.8. The fraction of sp³-hybridized carbons (Fsp3) is 0.0370. The molecule has 0 aliphatic rings. The summed E-state index contributed by atoms with van der Waals surface area (Å²) in [6.07, 6.45) is 0.